The average Bonchev–Trinajstić information content (AvgIpc) is 2.63. The van der Waals surface area contributed by atoms with Gasteiger partial charge in [-0.3, -0.25) is 4.68 Å². The van der Waals surface area contributed by atoms with Crippen molar-refractivity contribution < 1.29 is 0 Å². The van der Waals surface area contributed by atoms with Gasteiger partial charge in [0.2, 0.25) is 0 Å². The summed E-state index contributed by atoms with van der Waals surface area (Å²) in [5.74, 6) is 0.606. The summed E-state index contributed by atoms with van der Waals surface area (Å²) >= 11 is 0. The topological polar surface area (TPSA) is 47.1 Å². The quantitative estimate of drug-likeness (QED) is 0.770. The van der Waals surface area contributed by atoms with Crippen LogP contribution in [0.5, 0.6) is 0 Å². The van der Waals surface area contributed by atoms with Crippen LogP contribution in [0.3, 0.4) is 0 Å². The zero-order valence-corrected chi connectivity index (χ0v) is 10.7. The lowest BCUT2D eigenvalue weighted by atomic mass is 10.2. The summed E-state index contributed by atoms with van der Waals surface area (Å²) in [6.07, 6.45) is 4.28. The third-order valence-corrected chi connectivity index (χ3v) is 2.73. The van der Waals surface area contributed by atoms with E-state index in [0.29, 0.717) is 11.9 Å². The second-order valence-electron chi connectivity index (χ2n) is 4.49. The highest BCUT2D eigenvalue weighted by Gasteiger charge is 2.07. The van der Waals surface area contributed by atoms with Crippen LogP contribution in [0.1, 0.15) is 33.6 Å². The van der Waals surface area contributed by atoms with E-state index in [1.165, 1.54) is 13.0 Å². The molecule has 1 aromatic rings. The van der Waals surface area contributed by atoms with E-state index in [2.05, 4.69) is 30.8 Å². The van der Waals surface area contributed by atoms with Gasteiger partial charge in [0.25, 0.3) is 0 Å². The maximum atomic E-state index is 5.56. The Labute approximate surface area is 98.4 Å². The largest absolute Gasteiger partial charge is 0.382 e. The number of nitrogens with zero attached hydrogens (tertiary/aromatic N) is 3. The summed E-state index contributed by atoms with van der Waals surface area (Å²) in [6.45, 7) is 9.99. The van der Waals surface area contributed by atoms with Gasteiger partial charge < -0.3 is 10.6 Å². The van der Waals surface area contributed by atoms with Crippen molar-refractivity contribution in [3.05, 3.63) is 12.3 Å². The minimum Gasteiger partial charge on any atom is -0.382 e. The number of nitrogen functional groups attached to an aromatic ring is 1. The van der Waals surface area contributed by atoms with Gasteiger partial charge in [-0.1, -0.05) is 6.92 Å². The van der Waals surface area contributed by atoms with Crippen LogP contribution < -0.4 is 5.73 Å². The lowest BCUT2D eigenvalue weighted by Crippen LogP contribution is -2.33. The molecule has 0 spiro atoms. The maximum Gasteiger partial charge on any atom is 0.145 e. The summed E-state index contributed by atoms with van der Waals surface area (Å²) in [5.41, 5.74) is 5.56. The van der Waals surface area contributed by atoms with Crippen LogP contribution in [0.2, 0.25) is 0 Å². The highest BCUT2D eigenvalue weighted by molar-refractivity contribution is 5.23. The standard InChI is InChI=1S/C12H24N4/c1-4-7-15(11(2)3)8-5-9-16-10-6-12(13)14-16/h6,10-11H,4-5,7-9H2,1-3H3,(H2,13,14). The van der Waals surface area contributed by atoms with Gasteiger partial charge in [-0.25, -0.2) is 0 Å². The van der Waals surface area contributed by atoms with Crippen molar-refractivity contribution in [3.63, 3.8) is 0 Å². The third-order valence-electron chi connectivity index (χ3n) is 2.73. The fraction of sp³-hybridized carbons (Fsp3) is 0.750. The van der Waals surface area contributed by atoms with E-state index < -0.39 is 0 Å². The van der Waals surface area contributed by atoms with Gasteiger partial charge >= 0.3 is 0 Å². The van der Waals surface area contributed by atoms with Crippen molar-refractivity contribution >= 4 is 5.82 Å². The van der Waals surface area contributed by atoms with Crippen LogP contribution in [0.25, 0.3) is 0 Å². The lowest BCUT2D eigenvalue weighted by Gasteiger charge is -2.25. The van der Waals surface area contributed by atoms with Gasteiger partial charge in [-0.15, -0.1) is 0 Å². The second-order valence-corrected chi connectivity index (χ2v) is 4.49. The number of aryl methyl sites for hydroxylation is 1. The van der Waals surface area contributed by atoms with E-state index >= 15 is 0 Å². The van der Waals surface area contributed by atoms with Crippen molar-refractivity contribution in [1.82, 2.24) is 14.7 Å². The molecule has 0 aliphatic heterocycles. The van der Waals surface area contributed by atoms with Crippen LogP contribution in [0.4, 0.5) is 5.82 Å². The van der Waals surface area contributed by atoms with E-state index in [4.69, 9.17) is 5.73 Å². The highest BCUT2D eigenvalue weighted by Crippen LogP contribution is 2.03. The molecule has 16 heavy (non-hydrogen) atoms. The Hall–Kier alpha value is -1.03. The summed E-state index contributed by atoms with van der Waals surface area (Å²) in [6, 6.07) is 2.47. The van der Waals surface area contributed by atoms with Gasteiger partial charge in [0.15, 0.2) is 0 Å². The van der Waals surface area contributed by atoms with E-state index in [-0.39, 0.29) is 0 Å². The minimum absolute atomic E-state index is 0.606. The van der Waals surface area contributed by atoms with Gasteiger partial charge in [-0.2, -0.15) is 5.10 Å². The predicted octanol–water partition coefficient (Wildman–Crippen LogP) is 1.98. The molecule has 0 aliphatic carbocycles. The molecule has 0 atom stereocenters. The van der Waals surface area contributed by atoms with E-state index in [9.17, 15) is 0 Å². The Morgan fingerprint density at radius 2 is 2.19 bits per heavy atom. The lowest BCUT2D eigenvalue weighted by molar-refractivity contribution is 0.215. The fourth-order valence-electron chi connectivity index (χ4n) is 1.85. The van der Waals surface area contributed by atoms with Crippen LogP contribution in [-0.4, -0.2) is 33.8 Å². The zero-order chi connectivity index (χ0) is 12.0. The molecular weight excluding hydrogens is 200 g/mol. The minimum atomic E-state index is 0.606. The Balaban J connectivity index is 2.27. The molecule has 0 saturated carbocycles. The molecule has 1 rings (SSSR count). The fourth-order valence-corrected chi connectivity index (χ4v) is 1.85. The Kier molecular flexibility index (Phi) is 5.32. The molecule has 92 valence electrons. The first-order valence-electron chi connectivity index (χ1n) is 6.16. The molecule has 0 fully saturated rings. The average molecular weight is 224 g/mol. The molecule has 4 nitrogen and oxygen atoms in total. The maximum absolute atomic E-state index is 5.56. The number of nitrogens with two attached hydrogens (primary N) is 1. The summed E-state index contributed by atoms with van der Waals surface area (Å²) < 4.78 is 1.92. The second kappa shape index (κ2) is 6.53. The van der Waals surface area contributed by atoms with E-state index in [1.54, 1.807) is 0 Å². The molecule has 0 aromatic carbocycles. The molecule has 0 radical (unpaired) electrons. The first-order valence-corrected chi connectivity index (χ1v) is 6.16. The Morgan fingerprint density at radius 3 is 2.69 bits per heavy atom. The van der Waals surface area contributed by atoms with Gasteiger partial charge in [0.05, 0.1) is 0 Å². The molecule has 0 aliphatic rings. The number of hydrogen-bond donors (Lipinski definition) is 1. The van der Waals surface area contributed by atoms with Gasteiger partial charge in [-0.05, 0) is 39.3 Å². The van der Waals surface area contributed by atoms with Crippen molar-refractivity contribution in [2.24, 2.45) is 0 Å². The summed E-state index contributed by atoms with van der Waals surface area (Å²) in [7, 11) is 0. The van der Waals surface area contributed by atoms with Crippen LogP contribution in [0.15, 0.2) is 12.3 Å². The van der Waals surface area contributed by atoms with Crippen molar-refractivity contribution in [2.75, 3.05) is 18.8 Å². The van der Waals surface area contributed by atoms with Crippen LogP contribution >= 0.6 is 0 Å². The number of anilines is 1. The third kappa shape index (κ3) is 4.23. The predicted molar refractivity (Wildman–Crippen MR) is 68.3 cm³/mol. The highest BCUT2D eigenvalue weighted by atomic mass is 15.3. The van der Waals surface area contributed by atoms with Gasteiger partial charge in [0.1, 0.15) is 5.82 Å². The van der Waals surface area contributed by atoms with Crippen molar-refractivity contribution in [2.45, 2.75) is 46.2 Å². The number of hydrogen-bond acceptors (Lipinski definition) is 3. The normalized spacial score (nSPS) is 11.6. The van der Waals surface area contributed by atoms with E-state index in [0.717, 1.165) is 19.5 Å². The molecule has 0 bridgehead atoms. The molecule has 0 saturated heterocycles. The molecule has 0 amide bonds. The molecular formula is C12H24N4. The summed E-state index contributed by atoms with van der Waals surface area (Å²) in [5, 5.41) is 4.17. The smallest absolute Gasteiger partial charge is 0.145 e. The monoisotopic (exact) mass is 224 g/mol. The molecule has 0 unspecified atom stereocenters. The van der Waals surface area contributed by atoms with Crippen molar-refractivity contribution in [1.29, 1.82) is 0 Å². The first-order chi connectivity index (χ1) is 7.63. The van der Waals surface area contributed by atoms with Crippen LogP contribution in [0, 0.1) is 0 Å². The van der Waals surface area contributed by atoms with Gasteiger partial charge in [0, 0.05) is 25.3 Å². The molecule has 2 N–H and O–H groups in total. The number of aromatic nitrogens is 2. The van der Waals surface area contributed by atoms with Crippen molar-refractivity contribution in [3.8, 4) is 0 Å². The molecule has 1 heterocycles. The Bertz CT molecular complexity index is 293. The molecule has 4 heteroatoms. The first kappa shape index (κ1) is 13.0. The molecule has 1 aromatic heterocycles. The van der Waals surface area contributed by atoms with E-state index in [1.807, 2.05) is 16.9 Å². The number of rotatable bonds is 7. The zero-order valence-electron chi connectivity index (χ0n) is 10.7. The Morgan fingerprint density at radius 1 is 1.44 bits per heavy atom. The summed E-state index contributed by atoms with van der Waals surface area (Å²) in [4.78, 5) is 2.51. The SMILES string of the molecule is CCCN(CCCn1ccc(N)n1)C(C)C. The van der Waals surface area contributed by atoms with Crippen LogP contribution in [-0.2, 0) is 6.54 Å².